The summed E-state index contributed by atoms with van der Waals surface area (Å²) in [5.41, 5.74) is 2.24. The molecule has 92 valence electrons. The lowest BCUT2D eigenvalue weighted by Gasteiger charge is -2.16. The predicted octanol–water partition coefficient (Wildman–Crippen LogP) is 3.37. The van der Waals surface area contributed by atoms with Gasteiger partial charge in [-0.3, -0.25) is 4.79 Å². The first-order chi connectivity index (χ1) is 8.79. The first-order valence-electron chi connectivity index (χ1n) is 5.78. The van der Waals surface area contributed by atoms with Gasteiger partial charge in [-0.1, -0.05) is 54.1 Å². The van der Waals surface area contributed by atoms with Gasteiger partial charge in [0.1, 0.15) is 0 Å². The Hall–Kier alpha value is -1.80. The van der Waals surface area contributed by atoms with Crippen LogP contribution in [0.1, 0.15) is 17.2 Å². The molecule has 1 amide bonds. The minimum absolute atomic E-state index is 0.0258. The normalized spacial score (nSPS) is 11.8. The Morgan fingerprint density at radius 1 is 1.06 bits per heavy atom. The average molecular weight is 260 g/mol. The van der Waals surface area contributed by atoms with Crippen LogP contribution in [0.3, 0.4) is 0 Å². The summed E-state index contributed by atoms with van der Waals surface area (Å²) in [5.74, 6) is 0. The van der Waals surface area contributed by atoms with Gasteiger partial charge in [-0.15, -0.1) is 0 Å². The van der Waals surface area contributed by atoms with Crippen molar-refractivity contribution in [1.82, 2.24) is 5.32 Å². The summed E-state index contributed by atoms with van der Waals surface area (Å²) in [5, 5.41) is 3.54. The summed E-state index contributed by atoms with van der Waals surface area (Å²) in [6, 6.07) is 17.6. The number of benzene rings is 2. The molecule has 0 aliphatic carbocycles. The highest BCUT2D eigenvalue weighted by molar-refractivity contribution is 6.30. The van der Waals surface area contributed by atoms with E-state index in [0.29, 0.717) is 5.02 Å². The Kier molecular flexibility index (Phi) is 4.37. The van der Waals surface area contributed by atoms with E-state index in [2.05, 4.69) is 17.4 Å². The number of hydrogen-bond donors (Lipinski definition) is 1. The van der Waals surface area contributed by atoms with Gasteiger partial charge in [0.05, 0.1) is 6.04 Å². The lowest BCUT2D eigenvalue weighted by molar-refractivity contribution is -0.110. The zero-order chi connectivity index (χ0) is 12.8. The molecule has 2 nitrogen and oxygen atoms in total. The molecule has 1 atom stereocenters. The minimum Gasteiger partial charge on any atom is -0.352 e. The topological polar surface area (TPSA) is 29.1 Å². The quantitative estimate of drug-likeness (QED) is 0.820. The Morgan fingerprint density at radius 2 is 1.72 bits per heavy atom. The van der Waals surface area contributed by atoms with Gasteiger partial charge in [0, 0.05) is 5.02 Å². The van der Waals surface area contributed by atoms with Crippen molar-refractivity contribution < 1.29 is 4.79 Å². The number of amides is 1. The van der Waals surface area contributed by atoms with Crippen molar-refractivity contribution in [2.75, 3.05) is 0 Å². The SMILES string of the molecule is O=CN[C@H](Cc1ccccc1)c1ccc(Cl)cc1. The van der Waals surface area contributed by atoms with Gasteiger partial charge in [-0.2, -0.15) is 0 Å². The molecule has 0 saturated carbocycles. The first kappa shape index (κ1) is 12.7. The maximum Gasteiger partial charge on any atom is 0.207 e. The number of hydrogen-bond acceptors (Lipinski definition) is 1. The van der Waals surface area contributed by atoms with E-state index in [1.165, 1.54) is 5.56 Å². The zero-order valence-electron chi connectivity index (χ0n) is 9.84. The standard InChI is InChI=1S/C15H14ClNO/c16-14-8-6-13(7-9-14)15(17-11-18)10-12-4-2-1-3-5-12/h1-9,11,15H,10H2,(H,17,18)/t15-/m1/s1. The van der Waals surface area contributed by atoms with Crippen molar-refractivity contribution in [2.45, 2.75) is 12.5 Å². The number of carbonyl (C=O) groups excluding carboxylic acids is 1. The largest absolute Gasteiger partial charge is 0.352 e. The Labute approximate surface area is 112 Å². The van der Waals surface area contributed by atoms with E-state index < -0.39 is 0 Å². The molecule has 0 heterocycles. The number of rotatable bonds is 5. The van der Waals surface area contributed by atoms with Gasteiger partial charge < -0.3 is 5.32 Å². The molecular formula is C15H14ClNO. The molecule has 2 rings (SSSR count). The van der Waals surface area contributed by atoms with Crippen LogP contribution in [0.2, 0.25) is 5.02 Å². The van der Waals surface area contributed by atoms with Crippen LogP contribution in [-0.4, -0.2) is 6.41 Å². The van der Waals surface area contributed by atoms with Crippen LogP contribution in [0.5, 0.6) is 0 Å². The number of nitrogens with one attached hydrogen (secondary N) is 1. The van der Waals surface area contributed by atoms with Crippen LogP contribution in [0.25, 0.3) is 0 Å². The van der Waals surface area contributed by atoms with Gasteiger partial charge in [0.25, 0.3) is 0 Å². The van der Waals surface area contributed by atoms with Crippen LogP contribution in [0.4, 0.5) is 0 Å². The van der Waals surface area contributed by atoms with Gasteiger partial charge in [-0.25, -0.2) is 0 Å². The fourth-order valence-corrected chi connectivity index (χ4v) is 2.03. The zero-order valence-corrected chi connectivity index (χ0v) is 10.6. The molecule has 0 spiro atoms. The Balaban J connectivity index is 2.18. The molecule has 0 radical (unpaired) electrons. The van der Waals surface area contributed by atoms with Crippen LogP contribution in [-0.2, 0) is 11.2 Å². The molecule has 0 aromatic heterocycles. The van der Waals surface area contributed by atoms with Gasteiger partial charge >= 0.3 is 0 Å². The Bertz CT molecular complexity index is 496. The van der Waals surface area contributed by atoms with Crippen LogP contribution < -0.4 is 5.32 Å². The molecule has 3 heteroatoms. The van der Waals surface area contributed by atoms with E-state index >= 15 is 0 Å². The second kappa shape index (κ2) is 6.22. The molecule has 0 fully saturated rings. The van der Waals surface area contributed by atoms with Crippen molar-refractivity contribution in [1.29, 1.82) is 0 Å². The van der Waals surface area contributed by atoms with E-state index in [9.17, 15) is 4.79 Å². The molecule has 2 aromatic carbocycles. The second-order valence-electron chi connectivity index (χ2n) is 4.08. The summed E-state index contributed by atoms with van der Waals surface area (Å²) in [7, 11) is 0. The molecule has 18 heavy (non-hydrogen) atoms. The highest BCUT2D eigenvalue weighted by Gasteiger charge is 2.10. The smallest absolute Gasteiger partial charge is 0.207 e. The van der Waals surface area contributed by atoms with Gasteiger partial charge in [-0.05, 0) is 29.7 Å². The van der Waals surface area contributed by atoms with Crippen molar-refractivity contribution >= 4 is 18.0 Å². The maximum atomic E-state index is 10.7. The lowest BCUT2D eigenvalue weighted by Crippen LogP contribution is -2.21. The van der Waals surface area contributed by atoms with E-state index in [4.69, 9.17) is 11.6 Å². The lowest BCUT2D eigenvalue weighted by atomic mass is 9.99. The second-order valence-corrected chi connectivity index (χ2v) is 4.51. The monoisotopic (exact) mass is 259 g/mol. The summed E-state index contributed by atoms with van der Waals surface area (Å²) < 4.78 is 0. The molecule has 0 aliphatic rings. The van der Waals surface area contributed by atoms with Gasteiger partial charge in [0.15, 0.2) is 0 Å². The van der Waals surface area contributed by atoms with Crippen molar-refractivity contribution in [3.05, 3.63) is 70.7 Å². The fraction of sp³-hybridized carbons (Fsp3) is 0.133. The summed E-state index contributed by atoms with van der Waals surface area (Å²) in [6.45, 7) is 0. The maximum absolute atomic E-state index is 10.7. The van der Waals surface area contributed by atoms with Gasteiger partial charge in [0.2, 0.25) is 6.41 Å². The Morgan fingerprint density at radius 3 is 2.33 bits per heavy atom. The van der Waals surface area contributed by atoms with E-state index in [1.807, 2.05) is 42.5 Å². The third-order valence-corrected chi connectivity index (χ3v) is 3.08. The van der Waals surface area contributed by atoms with Crippen molar-refractivity contribution in [2.24, 2.45) is 0 Å². The average Bonchev–Trinajstić information content (AvgIpc) is 2.40. The molecular weight excluding hydrogens is 246 g/mol. The molecule has 0 saturated heterocycles. The highest BCUT2D eigenvalue weighted by Crippen LogP contribution is 2.20. The number of halogens is 1. The predicted molar refractivity (Wildman–Crippen MR) is 73.5 cm³/mol. The van der Waals surface area contributed by atoms with E-state index in [1.54, 1.807) is 0 Å². The molecule has 0 aliphatic heterocycles. The number of carbonyl (C=O) groups is 1. The molecule has 2 aromatic rings. The summed E-state index contributed by atoms with van der Waals surface area (Å²) in [4.78, 5) is 10.7. The van der Waals surface area contributed by atoms with E-state index in [-0.39, 0.29) is 6.04 Å². The fourth-order valence-electron chi connectivity index (χ4n) is 1.90. The third-order valence-electron chi connectivity index (χ3n) is 2.82. The molecule has 1 N–H and O–H groups in total. The highest BCUT2D eigenvalue weighted by atomic mass is 35.5. The van der Waals surface area contributed by atoms with Crippen molar-refractivity contribution in [3.8, 4) is 0 Å². The molecule has 0 unspecified atom stereocenters. The van der Waals surface area contributed by atoms with Crippen LogP contribution >= 0.6 is 11.6 Å². The van der Waals surface area contributed by atoms with Crippen LogP contribution in [0, 0.1) is 0 Å². The van der Waals surface area contributed by atoms with Crippen molar-refractivity contribution in [3.63, 3.8) is 0 Å². The first-order valence-corrected chi connectivity index (χ1v) is 6.16. The molecule has 0 bridgehead atoms. The summed E-state index contributed by atoms with van der Waals surface area (Å²) in [6.07, 6.45) is 1.50. The third kappa shape index (κ3) is 3.34. The van der Waals surface area contributed by atoms with Crippen LogP contribution in [0.15, 0.2) is 54.6 Å². The summed E-state index contributed by atoms with van der Waals surface area (Å²) >= 11 is 5.86. The van der Waals surface area contributed by atoms with E-state index in [0.717, 1.165) is 18.4 Å². The minimum atomic E-state index is -0.0258.